The van der Waals surface area contributed by atoms with E-state index < -0.39 is 0 Å². The molecule has 0 atom stereocenters. The molecule has 0 bridgehead atoms. The molecule has 0 saturated carbocycles. The molecule has 3 N–H and O–H groups in total. The number of fused-ring (bicyclic) bond motifs is 2. The second kappa shape index (κ2) is 6.92. The molecule has 1 aromatic heterocycles. The first-order chi connectivity index (χ1) is 13.8. The van der Waals surface area contributed by atoms with Gasteiger partial charge in [0.2, 0.25) is 6.79 Å². The molecule has 28 heavy (non-hydrogen) atoms. The predicted octanol–water partition coefficient (Wildman–Crippen LogP) is 3.48. The molecule has 5 rings (SSSR count). The molecule has 0 aliphatic carbocycles. The summed E-state index contributed by atoms with van der Waals surface area (Å²) in [6.45, 7) is 1.74. The van der Waals surface area contributed by atoms with Gasteiger partial charge in [0, 0.05) is 18.8 Å². The highest BCUT2D eigenvalue weighted by Crippen LogP contribution is 2.37. The van der Waals surface area contributed by atoms with E-state index in [1.54, 1.807) is 6.33 Å². The van der Waals surface area contributed by atoms with E-state index in [4.69, 9.17) is 15.2 Å². The van der Waals surface area contributed by atoms with Crippen molar-refractivity contribution >= 4 is 23.0 Å². The maximum absolute atomic E-state index is 6.45. The molecule has 142 valence electrons. The first-order valence-electron chi connectivity index (χ1n) is 9.38. The standard InChI is InChI=1S/C21H21N5O2/c22-19-20(23-11-14-7-8-17-18(10-14)28-13-27-17)24-12-25-21(19)26-9-3-5-15-4-1-2-6-16(15)26/h1-2,4,6-8,10,12H,3,5,9,11,13,22H2,(H,23,24,25). The van der Waals surface area contributed by atoms with Crippen molar-refractivity contribution in [1.29, 1.82) is 0 Å². The zero-order chi connectivity index (χ0) is 18.9. The minimum Gasteiger partial charge on any atom is -0.454 e. The number of anilines is 4. The first-order valence-corrected chi connectivity index (χ1v) is 9.38. The summed E-state index contributed by atoms with van der Waals surface area (Å²) in [5, 5.41) is 3.32. The van der Waals surface area contributed by atoms with Gasteiger partial charge < -0.3 is 25.4 Å². The number of nitrogens with one attached hydrogen (secondary N) is 1. The van der Waals surface area contributed by atoms with Crippen molar-refractivity contribution in [3.63, 3.8) is 0 Å². The van der Waals surface area contributed by atoms with Gasteiger partial charge in [0.1, 0.15) is 12.0 Å². The molecule has 2 aliphatic heterocycles. The van der Waals surface area contributed by atoms with Crippen LogP contribution in [-0.4, -0.2) is 23.3 Å². The quantitative estimate of drug-likeness (QED) is 0.722. The molecular formula is C21H21N5O2. The van der Waals surface area contributed by atoms with Gasteiger partial charge in [-0.3, -0.25) is 0 Å². The lowest BCUT2D eigenvalue weighted by Crippen LogP contribution is -2.26. The Balaban J connectivity index is 1.39. The summed E-state index contributed by atoms with van der Waals surface area (Å²) in [7, 11) is 0. The van der Waals surface area contributed by atoms with Crippen LogP contribution in [-0.2, 0) is 13.0 Å². The van der Waals surface area contributed by atoms with Gasteiger partial charge in [-0.05, 0) is 42.2 Å². The SMILES string of the molecule is Nc1c(NCc2ccc3c(c2)OCO3)ncnc1N1CCCc2ccccc21. The molecule has 3 aromatic rings. The Labute approximate surface area is 163 Å². The number of aryl methyl sites for hydroxylation is 1. The van der Waals surface area contributed by atoms with Crippen LogP contribution in [0.25, 0.3) is 0 Å². The average molecular weight is 375 g/mol. The number of nitrogens with zero attached hydrogens (tertiary/aromatic N) is 3. The average Bonchev–Trinajstić information content (AvgIpc) is 3.21. The Morgan fingerprint density at radius 3 is 2.93 bits per heavy atom. The van der Waals surface area contributed by atoms with Crippen molar-refractivity contribution in [2.75, 3.05) is 29.3 Å². The third-order valence-corrected chi connectivity index (χ3v) is 5.13. The van der Waals surface area contributed by atoms with Crippen LogP contribution in [0.2, 0.25) is 0 Å². The Bertz CT molecular complexity index is 1020. The fraction of sp³-hybridized carbons (Fsp3) is 0.238. The topological polar surface area (TPSA) is 85.5 Å². The van der Waals surface area contributed by atoms with Gasteiger partial charge in [-0.1, -0.05) is 24.3 Å². The summed E-state index contributed by atoms with van der Waals surface area (Å²) < 4.78 is 10.8. The Hall–Kier alpha value is -3.48. The highest BCUT2D eigenvalue weighted by Gasteiger charge is 2.22. The summed E-state index contributed by atoms with van der Waals surface area (Å²) in [5.74, 6) is 2.91. The van der Waals surface area contributed by atoms with Gasteiger partial charge in [0.05, 0.1) is 0 Å². The number of hydrogen-bond donors (Lipinski definition) is 2. The van der Waals surface area contributed by atoms with Crippen LogP contribution in [0.3, 0.4) is 0 Å². The van der Waals surface area contributed by atoms with Crippen molar-refractivity contribution in [2.24, 2.45) is 0 Å². The lowest BCUT2D eigenvalue weighted by molar-refractivity contribution is 0.174. The molecule has 0 spiro atoms. The molecule has 7 heteroatoms. The monoisotopic (exact) mass is 375 g/mol. The second-order valence-corrected chi connectivity index (χ2v) is 6.88. The van der Waals surface area contributed by atoms with Crippen LogP contribution in [0.4, 0.5) is 23.0 Å². The molecule has 0 amide bonds. The van der Waals surface area contributed by atoms with Gasteiger partial charge in [-0.2, -0.15) is 0 Å². The highest BCUT2D eigenvalue weighted by atomic mass is 16.7. The van der Waals surface area contributed by atoms with E-state index in [1.165, 1.54) is 11.3 Å². The summed E-state index contributed by atoms with van der Waals surface area (Å²) in [6, 6.07) is 14.3. The maximum Gasteiger partial charge on any atom is 0.231 e. The molecule has 0 fully saturated rings. The Kier molecular flexibility index (Phi) is 4.12. The first kappa shape index (κ1) is 16.7. The largest absolute Gasteiger partial charge is 0.454 e. The van der Waals surface area contributed by atoms with Gasteiger partial charge in [0.15, 0.2) is 23.1 Å². The van der Waals surface area contributed by atoms with Crippen molar-refractivity contribution in [3.05, 3.63) is 59.9 Å². The van der Waals surface area contributed by atoms with Crippen LogP contribution in [0.15, 0.2) is 48.8 Å². The van der Waals surface area contributed by atoms with Gasteiger partial charge in [-0.15, -0.1) is 0 Å². The second-order valence-electron chi connectivity index (χ2n) is 6.88. The van der Waals surface area contributed by atoms with Crippen LogP contribution >= 0.6 is 0 Å². The third-order valence-electron chi connectivity index (χ3n) is 5.13. The van der Waals surface area contributed by atoms with E-state index in [2.05, 4.69) is 38.4 Å². The predicted molar refractivity (Wildman–Crippen MR) is 108 cm³/mol. The lowest BCUT2D eigenvalue weighted by Gasteiger charge is -2.31. The van der Waals surface area contributed by atoms with E-state index in [0.717, 1.165) is 42.3 Å². The van der Waals surface area contributed by atoms with Crippen LogP contribution < -0.4 is 25.4 Å². The van der Waals surface area contributed by atoms with Crippen molar-refractivity contribution in [1.82, 2.24) is 9.97 Å². The number of ether oxygens (including phenoxy) is 2. The summed E-state index contributed by atoms with van der Waals surface area (Å²) in [6.07, 6.45) is 3.71. The summed E-state index contributed by atoms with van der Waals surface area (Å²) in [5.41, 5.74) is 10.6. The van der Waals surface area contributed by atoms with E-state index in [9.17, 15) is 0 Å². The smallest absolute Gasteiger partial charge is 0.231 e. The van der Waals surface area contributed by atoms with E-state index in [-0.39, 0.29) is 6.79 Å². The number of nitrogen functional groups attached to an aromatic ring is 1. The summed E-state index contributed by atoms with van der Waals surface area (Å²) in [4.78, 5) is 11.0. The fourth-order valence-corrected chi connectivity index (χ4v) is 3.73. The minimum absolute atomic E-state index is 0.270. The van der Waals surface area contributed by atoms with Crippen LogP contribution in [0.5, 0.6) is 11.5 Å². The summed E-state index contributed by atoms with van der Waals surface area (Å²) >= 11 is 0. The van der Waals surface area contributed by atoms with Crippen LogP contribution in [0.1, 0.15) is 17.5 Å². The van der Waals surface area contributed by atoms with Gasteiger partial charge in [0.25, 0.3) is 0 Å². The molecular weight excluding hydrogens is 354 g/mol. The number of rotatable bonds is 4. The van der Waals surface area contributed by atoms with Crippen molar-refractivity contribution in [3.8, 4) is 11.5 Å². The van der Waals surface area contributed by atoms with Crippen molar-refractivity contribution in [2.45, 2.75) is 19.4 Å². The lowest BCUT2D eigenvalue weighted by atomic mass is 10.0. The third kappa shape index (κ3) is 2.94. The molecule has 0 radical (unpaired) electrons. The van der Waals surface area contributed by atoms with E-state index >= 15 is 0 Å². The minimum atomic E-state index is 0.270. The fourth-order valence-electron chi connectivity index (χ4n) is 3.73. The Morgan fingerprint density at radius 2 is 1.96 bits per heavy atom. The number of benzene rings is 2. The molecule has 3 heterocycles. The van der Waals surface area contributed by atoms with Crippen molar-refractivity contribution < 1.29 is 9.47 Å². The zero-order valence-corrected chi connectivity index (χ0v) is 15.4. The highest BCUT2D eigenvalue weighted by molar-refractivity contribution is 5.80. The zero-order valence-electron chi connectivity index (χ0n) is 15.4. The molecule has 0 saturated heterocycles. The number of nitrogens with two attached hydrogens (primary N) is 1. The number of hydrogen-bond acceptors (Lipinski definition) is 7. The molecule has 7 nitrogen and oxygen atoms in total. The van der Waals surface area contributed by atoms with Crippen LogP contribution in [0, 0.1) is 0 Å². The number of aromatic nitrogens is 2. The van der Waals surface area contributed by atoms with Gasteiger partial charge >= 0.3 is 0 Å². The Morgan fingerprint density at radius 1 is 1.07 bits per heavy atom. The van der Waals surface area contributed by atoms with E-state index in [1.807, 2.05) is 24.3 Å². The molecule has 0 unspecified atom stereocenters. The van der Waals surface area contributed by atoms with E-state index in [0.29, 0.717) is 18.1 Å². The molecule has 2 aliphatic rings. The van der Waals surface area contributed by atoms with Gasteiger partial charge in [-0.25, -0.2) is 9.97 Å². The number of para-hydroxylation sites is 1. The molecule has 2 aromatic carbocycles. The normalized spacial score (nSPS) is 14.6. The maximum atomic E-state index is 6.45.